The lowest BCUT2D eigenvalue weighted by atomic mass is 10.1. The van der Waals surface area contributed by atoms with E-state index in [1.807, 2.05) is 19.2 Å². The summed E-state index contributed by atoms with van der Waals surface area (Å²) in [6.45, 7) is 2.05. The third-order valence-electron chi connectivity index (χ3n) is 1.80. The number of phenolic OH excluding ortho intramolecular Hbond substituents is 1. The highest BCUT2D eigenvalue weighted by molar-refractivity contribution is 5.28. The first-order valence-corrected chi connectivity index (χ1v) is 3.70. The minimum atomic E-state index is 0.294. The smallest absolute Gasteiger partial charge is 0.115 e. The highest BCUT2D eigenvalue weighted by atomic mass is 16.3. The summed E-state index contributed by atoms with van der Waals surface area (Å²) in [7, 11) is 1.90. The fraction of sp³-hybridized carbons (Fsp3) is 0.333. The molecular formula is C9H13NO. The third-order valence-corrected chi connectivity index (χ3v) is 1.80. The second kappa shape index (κ2) is 3.39. The predicted molar refractivity (Wildman–Crippen MR) is 45.6 cm³/mol. The minimum absolute atomic E-state index is 0.294. The number of rotatable bonds is 2. The van der Waals surface area contributed by atoms with E-state index < -0.39 is 0 Å². The van der Waals surface area contributed by atoms with Crippen molar-refractivity contribution in [2.75, 3.05) is 7.05 Å². The molecule has 1 atom stereocenters. The van der Waals surface area contributed by atoms with Gasteiger partial charge in [-0.25, -0.2) is 0 Å². The molecule has 0 aromatic heterocycles. The van der Waals surface area contributed by atoms with E-state index in [4.69, 9.17) is 5.11 Å². The molecule has 0 aliphatic rings. The van der Waals surface area contributed by atoms with Crippen LogP contribution in [0.4, 0.5) is 0 Å². The van der Waals surface area contributed by atoms with Crippen molar-refractivity contribution < 1.29 is 5.11 Å². The van der Waals surface area contributed by atoms with E-state index in [0.29, 0.717) is 11.8 Å². The molecule has 1 aromatic carbocycles. The molecule has 0 saturated heterocycles. The first-order chi connectivity index (χ1) is 5.24. The Morgan fingerprint density at radius 2 is 2.18 bits per heavy atom. The molecular weight excluding hydrogens is 138 g/mol. The van der Waals surface area contributed by atoms with Gasteiger partial charge in [-0.05, 0) is 31.7 Å². The lowest BCUT2D eigenvalue weighted by Gasteiger charge is -2.09. The van der Waals surface area contributed by atoms with Gasteiger partial charge < -0.3 is 10.4 Å². The molecule has 1 unspecified atom stereocenters. The number of hydrogen-bond acceptors (Lipinski definition) is 2. The van der Waals surface area contributed by atoms with Gasteiger partial charge in [-0.2, -0.15) is 0 Å². The monoisotopic (exact) mass is 151 g/mol. The first-order valence-electron chi connectivity index (χ1n) is 3.70. The predicted octanol–water partition coefficient (Wildman–Crippen LogP) is 1.67. The number of benzene rings is 1. The van der Waals surface area contributed by atoms with Crippen molar-refractivity contribution in [3.63, 3.8) is 0 Å². The van der Waals surface area contributed by atoms with Gasteiger partial charge in [0.1, 0.15) is 5.75 Å². The zero-order valence-corrected chi connectivity index (χ0v) is 6.83. The third kappa shape index (κ3) is 1.95. The van der Waals surface area contributed by atoms with E-state index >= 15 is 0 Å². The van der Waals surface area contributed by atoms with E-state index in [0.717, 1.165) is 5.56 Å². The molecule has 0 amide bonds. The van der Waals surface area contributed by atoms with Crippen LogP contribution in [0, 0.1) is 0 Å². The summed E-state index contributed by atoms with van der Waals surface area (Å²) in [6.07, 6.45) is 0. The van der Waals surface area contributed by atoms with Crippen LogP contribution in [-0.2, 0) is 0 Å². The molecule has 2 nitrogen and oxygen atoms in total. The molecule has 1 aromatic rings. The Morgan fingerprint density at radius 1 is 1.45 bits per heavy atom. The average Bonchev–Trinajstić information content (AvgIpc) is 2.03. The van der Waals surface area contributed by atoms with Crippen LogP contribution in [0.3, 0.4) is 0 Å². The second-order valence-corrected chi connectivity index (χ2v) is 2.61. The normalized spacial score (nSPS) is 12.9. The fourth-order valence-electron chi connectivity index (χ4n) is 0.961. The van der Waals surface area contributed by atoms with E-state index in [-0.39, 0.29) is 0 Å². The van der Waals surface area contributed by atoms with Crippen molar-refractivity contribution in [3.05, 3.63) is 29.8 Å². The number of phenols is 1. The van der Waals surface area contributed by atoms with Gasteiger partial charge >= 0.3 is 0 Å². The maximum atomic E-state index is 9.13. The highest BCUT2D eigenvalue weighted by Gasteiger charge is 2.01. The number of nitrogens with one attached hydrogen (secondary N) is 1. The summed E-state index contributed by atoms with van der Waals surface area (Å²) in [4.78, 5) is 0. The SMILES string of the molecule is CNC(C)c1cccc(O)c1. The van der Waals surface area contributed by atoms with Crippen LogP contribution >= 0.6 is 0 Å². The maximum Gasteiger partial charge on any atom is 0.115 e. The molecule has 0 radical (unpaired) electrons. The summed E-state index contributed by atoms with van der Waals surface area (Å²) in [6, 6.07) is 7.56. The first kappa shape index (κ1) is 8.08. The lowest BCUT2D eigenvalue weighted by Crippen LogP contribution is -2.11. The molecule has 0 aliphatic carbocycles. The fourth-order valence-corrected chi connectivity index (χ4v) is 0.961. The van der Waals surface area contributed by atoms with Crippen LogP contribution in [0.5, 0.6) is 5.75 Å². The van der Waals surface area contributed by atoms with Gasteiger partial charge in [0, 0.05) is 6.04 Å². The zero-order chi connectivity index (χ0) is 8.27. The Hall–Kier alpha value is -1.02. The Balaban J connectivity index is 2.86. The topological polar surface area (TPSA) is 32.3 Å². The molecule has 60 valence electrons. The highest BCUT2D eigenvalue weighted by Crippen LogP contribution is 2.16. The summed E-state index contributed by atoms with van der Waals surface area (Å²) in [5.74, 6) is 0.324. The Morgan fingerprint density at radius 3 is 2.73 bits per heavy atom. The largest absolute Gasteiger partial charge is 0.508 e. The van der Waals surface area contributed by atoms with Crippen LogP contribution < -0.4 is 5.32 Å². The van der Waals surface area contributed by atoms with Crippen molar-refractivity contribution in [2.45, 2.75) is 13.0 Å². The van der Waals surface area contributed by atoms with E-state index in [1.54, 1.807) is 12.1 Å². The summed E-state index contributed by atoms with van der Waals surface area (Å²) >= 11 is 0. The summed E-state index contributed by atoms with van der Waals surface area (Å²) in [5.41, 5.74) is 1.10. The summed E-state index contributed by atoms with van der Waals surface area (Å²) in [5, 5.41) is 12.2. The standard InChI is InChI=1S/C9H13NO/c1-7(10-2)8-4-3-5-9(11)6-8/h3-7,10-11H,1-2H3. The van der Waals surface area contributed by atoms with Crippen molar-refractivity contribution >= 4 is 0 Å². The molecule has 0 saturated carbocycles. The Kier molecular flexibility index (Phi) is 2.49. The molecule has 2 N–H and O–H groups in total. The molecule has 0 spiro atoms. The van der Waals surface area contributed by atoms with E-state index in [1.165, 1.54) is 0 Å². The van der Waals surface area contributed by atoms with Crippen LogP contribution in [0.2, 0.25) is 0 Å². The molecule has 2 heteroatoms. The molecule has 0 aliphatic heterocycles. The van der Waals surface area contributed by atoms with Gasteiger partial charge in [0.2, 0.25) is 0 Å². The van der Waals surface area contributed by atoms with Crippen molar-refractivity contribution in [1.82, 2.24) is 5.32 Å². The van der Waals surface area contributed by atoms with Crippen molar-refractivity contribution in [1.29, 1.82) is 0 Å². The molecule has 11 heavy (non-hydrogen) atoms. The lowest BCUT2D eigenvalue weighted by molar-refractivity contribution is 0.473. The Labute approximate surface area is 66.9 Å². The zero-order valence-electron chi connectivity index (χ0n) is 6.83. The Bertz CT molecular complexity index is 235. The molecule has 0 fully saturated rings. The van der Waals surface area contributed by atoms with Gasteiger partial charge in [-0.1, -0.05) is 12.1 Å². The van der Waals surface area contributed by atoms with Crippen molar-refractivity contribution in [3.8, 4) is 5.75 Å². The number of aromatic hydroxyl groups is 1. The van der Waals surface area contributed by atoms with Crippen molar-refractivity contribution in [2.24, 2.45) is 0 Å². The molecule has 0 bridgehead atoms. The quantitative estimate of drug-likeness (QED) is 0.674. The van der Waals surface area contributed by atoms with Gasteiger partial charge in [0.15, 0.2) is 0 Å². The van der Waals surface area contributed by atoms with Gasteiger partial charge in [-0.3, -0.25) is 0 Å². The molecule has 1 rings (SSSR count). The van der Waals surface area contributed by atoms with Crippen LogP contribution in [0.15, 0.2) is 24.3 Å². The van der Waals surface area contributed by atoms with Crippen LogP contribution in [0.25, 0.3) is 0 Å². The number of hydrogen-bond donors (Lipinski definition) is 2. The van der Waals surface area contributed by atoms with Crippen LogP contribution in [0.1, 0.15) is 18.5 Å². The summed E-state index contributed by atoms with van der Waals surface area (Å²) < 4.78 is 0. The maximum absolute atomic E-state index is 9.13. The second-order valence-electron chi connectivity index (χ2n) is 2.61. The van der Waals surface area contributed by atoms with Gasteiger partial charge in [-0.15, -0.1) is 0 Å². The molecule has 0 heterocycles. The van der Waals surface area contributed by atoms with Crippen LogP contribution in [-0.4, -0.2) is 12.2 Å². The minimum Gasteiger partial charge on any atom is -0.508 e. The van der Waals surface area contributed by atoms with Gasteiger partial charge in [0.25, 0.3) is 0 Å². The average molecular weight is 151 g/mol. The van der Waals surface area contributed by atoms with Gasteiger partial charge in [0.05, 0.1) is 0 Å². The van der Waals surface area contributed by atoms with E-state index in [2.05, 4.69) is 12.2 Å². The van der Waals surface area contributed by atoms with E-state index in [9.17, 15) is 0 Å².